The van der Waals surface area contributed by atoms with Gasteiger partial charge in [-0.15, -0.1) is 24.0 Å². The maximum Gasteiger partial charge on any atom is 0.221 e. The number of ether oxygens (including phenoxy) is 2. The molecule has 2 saturated heterocycles. The van der Waals surface area contributed by atoms with Gasteiger partial charge in [-0.3, -0.25) is 9.79 Å². The van der Waals surface area contributed by atoms with Gasteiger partial charge in [0.15, 0.2) is 5.96 Å². The summed E-state index contributed by atoms with van der Waals surface area (Å²) in [6.07, 6.45) is 2.31. The molecule has 0 aromatic heterocycles. The van der Waals surface area contributed by atoms with Crippen LogP contribution in [0.5, 0.6) is 5.75 Å². The second-order valence-corrected chi connectivity index (χ2v) is 7.01. The molecule has 27 heavy (non-hydrogen) atoms. The second-order valence-electron chi connectivity index (χ2n) is 7.01. The predicted molar refractivity (Wildman–Crippen MR) is 117 cm³/mol. The van der Waals surface area contributed by atoms with Crippen molar-refractivity contribution in [2.24, 2.45) is 10.4 Å². The quantitative estimate of drug-likeness (QED) is 0.288. The van der Waals surface area contributed by atoms with Gasteiger partial charge in [0.05, 0.1) is 13.2 Å². The summed E-state index contributed by atoms with van der Waals surface area (Å²) < 4.78 is 11.4. The third-order valence-corrected chi connectivity index (χ3v) is 4.94. The highest BCUT2D eigenvalue weighted by Gasteiger charge is 2.42. The number of likely N-dealkylation sites (tertiary alicyclic amines) is 1. The van der Waals surface area contributed by atoms with Crippen molar-refractivity contribution < 1.29 is 14.3 Å². The summed E-state index contributed by atoms with van der Waals surface area (Å²) in [4.78, 5) is 17.8. The first-order valence-electron chi connectivity index (χ1n) is 9.14. The van der Waals surface area contributed by atoms with Gasteiger partial charge in [0.25, 0.3) is 0 Å². The Morgan fingerprint density at radius 2 is 2.26 bits per heavy atom. The van der Waals surface area contributed by atoms with Gasteiger partial charge < -0.3 is 25.0 Å². The fourth-order valence-electron chi connectivity index (χ4n) is 3.62. The van der Waals surface area contributed by atoms with E-state index in [4.69, 9.17) is 9.47 Å². The molecule has 1 unspecified atom stereocenters. The van der Waals surface area contributed by atoms with Crippen molar-refractivity contribution in [3.8, 4) is 5.75 Å². The standard InChI is InChI=1S/C19H28N4O3.HI/c1-15(24)22-16-4-3-5-17(12-16)26-11-8-21-18(20-2)23-9-6-19(13-23)7-10-25-14-19;/h3-5,12H,6-11,13-14H2,1-2H3,(H,20,21)(H,22,24);1H. The largest absolute Gasteiger partial charge is 0.492 e. The molecule has 1 aromatic carbocycles. The first-order chi connectivity index (χ1) is 12.6. The van der Waals surface area contributed by atoms with E-state index in [0.717, 1.165) is 50.1 Å². The minimum atomic E-state index is -0.0938. The van der Waals surface area contributed by atoms with E-state index in [1.54, 1.807) is 0 Å². The van der Waals surface area contributed by atoms with Crippen LogP contribution in [0.25, 0.3) is 0 Å². The van der Waals surface area contributed by atoms with Crippen LogP contribution in [-0.2, 0) is 9.53 Å². The Labute approximate surface area is 177 Å². The van der Waals surface area contributed by atoms with Crippen molar-refractivity contribution in [1.82, 2.24) is 10.2 Å². The molecule has 8 heteroatoms. The summed E-state index contributed by atoms with van der Waals surface area (Å²) in [6, 6.07) is 7.40. The number of amides is 1. The Morgan fingerprint density at radius 3 is 2.96 bits per heavy atom. The predicted octanol–water partition coefficient (Wildman–Crippen LogP) is 2.33. The van der Waals surface area contributed by atoms with E-state index in [-0.39, 0.29) is 29.9 Å². The van der Waals surface area contributed by atoms with Crippen LogP contribution >= 0.6 is 24.0 Å². The van der Waals surface area contributed by atoms with Gasteiger partial charge in [-0.05, 0) is 25.0 Å². The van der Waals surface area contributed by atoms with Crippen molar-refractivity contribution in [3.05, 3.63) is 24.3 Å². The first-order valence-corrected chi connectivity index (χ1v) is 9.14. The molecule has 0 saturated carbocycles. The minimum absolute atomic E-state index is 0. The number of carbonyl (C=O) groups is 1. The summed E-state index contributed by atoms with van der Waals surface area (Å²) in [7, 11) is 1.82. The highest BCUT2D eigenvalue weighted by Crippen LogP contribution is 2.38. The number of nitrogens with one attached hydrogen (secondary N) is 2. The van der Waals surface area contributed by atoms with Crippen LogP contribution in [0.4, 0.5) is 5.69 Å². The minimum Gasteiger partial charge on any atom is -0.492 e. The number of carbonyl (C=O) groups excluding carboxylic acids is 1. The number of guanidine groups is 1. The number of anilines is 1. The molecule has 2 aliphatic rings. The number of benzene rings is 1. The molecule has 2 N–H and O–H groups in total. The number of hydrogen-bond acceptors (Lipinski definition) is 4. The average molecular weight is 488 g/mol. The van der Waals surface area contributed by atoms with Gasteiger partial charge in [-0.1, -0.05) is 6.07 Å². The van der Waals surface area contributed by atoms with Crippen molar-refractivity contribution in [1.29, 1.82) is 0 Å². The fourth-order valence-corrected chi connectivity index (χ4v) is 3.62. The van der Waals surface area contributed by atoms with Gasteiger partial charge in [-0.25, -0.2) is 0 Å². The fraction of sp³-hybridized carbons (Fsp3) is 0.579. The van der Waals surface area contributed by atoms with Crippen LogP contribution in [0, 0.1) is 5.41 Å². The zero-order chi connectivity index (χ0) is 18.4. The Kier molecular flexibility index (Phi) is 8.15. The Hall–Kier alpha value is -1.55. The summed E-state index contributed by atoms with van der Waals surface area (Å²) in [5.74, 6) is 1.56. The molecular formula is C19H29IN4O3. The zero-order valence-electron chi connectivity index (χ0n) is 16.0. The monoisotopic (exact) mass is 488 g/mol. The molecular weight excluding hydrogens is 459 g/mol. The molecule has 1 spiro atoms. The molecule has 0 radical (unpaired) electrons. The second kappa shape index (κ2) is 10.1. The third-order valence-electron chi connectivity index (χ3n) is 4.94. The van der Waals surface area contributed by atoms with E-state index in [9.17, 15) is 4.79 Å². The SMILES string of the molecule is CN=C(NCCOc1cccc(NC(C)=O)c1)N1CCC2(CCOC2)C1.I. The lowest BCUT2D eigenvalue weighted by atomic mass is 9.87. The molecule has 2 heterocycles. The number of halogens is 1. The summed E-state index contributed by atoms with van der Waals surface area (Å²) in [6.45, 7) is 6.44. The molecule has 2 fully saturated rings. The van der Waals surface area contributed by atoms with Gasteiger partial charge in [0, 0.05) is 50.8 Å². The normalized spacial score (nSPS) is 21.9. The molecule has 1 atom stereocenters. The van der Waals surface area contributed by atoms with E-state index in [1.807, 2.05) is 31.3 Å². The number of hydrogen-bond donors (Lipinski definition) is 2. The van der Waals surface area contributed by atoms with E-state index in [1.165, 1.54) is 13.3 Å². The molecule has 7 nitrogen and oxygen atoms in total. The van der Waals surface area contributed by atoms with Crippen molar-refractivity contribution in [2.45, 2.75) is 19.8 Å². The van der Waals surface area contributed by atoms with E-state index in [0.29, 0.717) is 18.6 Å². The van der Waals surface area contributed by atoms with Crippen molar-refractivity contribution in [3.63, 3.8) is 0 Å². The van der Waals surface area contributed by atoms with Crippen LogP contribution in [0.2, 0.25) is 0 Å². The van der Waals surface area contributed by atoms with Crippen LogP contribution in [-0.4, -0.2) is 63.3 Å². The van der Waals surface area contributed by atoms with Crippen molar-refractivity contribution >= 4 is 41.5 Å². The molecule has 3 rings (SSSR count). The average Bonchev–Trinajstić information content (AvgIpc) is 3.25. The van der Waals surface area contributed by atoms with Crippen LogP contribution in [0.15, 0.2) is 29.3 Å². The molecule has 150 valence electrons. The Balaban J connectivity index is 0.00000261. The maximum absolute atomic E-state index is 11.1. The Bertz CT molecular complexity index is 662. The smallest absolute Gasteiger partial charge is 0.221 e. The number of aliphatic imine (C=N–C) groups is 1. The van der Waals surface area contributed by atoms with Gasteiger partial charge in [0.2, 0.25) is 5.91 Å². The maximum atomic E-state index is 11.1. The zero-order valence-corrected chi connectivity index (χ0v) is 18.3. The summed E-state index contributed by atoms with van der Waals surface area (Å²) in [5.41, 5.74) is 1.05. The van der Waals surface area contributed by atoms with E-state index >= 15 is 0 Å². The van der Waals surface area contributed by atoms with Gasteiger partial charge in [-0.2, -0.15) is 0 Å². The van der Waals surface area contributed by atoms with Crippen LogP contribution < -0.4 is 15.4 Å². The first kappa shape index (κ1) is 21.7. The topological polar surface area (TPSA) is 75.2 Å². The van der Waals surface area contributed by atoms with Crippen molar-refractivity contribution in [2.75, 3.05) is 51.8 Å². The Morgan fingerprint density at radius 1 is 1.41 bits per heavy atom. The number of rotatable bonds is 5. The molecule has 2 aliphatic heterocycles. The molecule has 1 amide bonds. The summed E-state index contributed by atoms with van der Waals surface area (Å²) >= 11 is 0. The third kappa shape index (κ3) is 5.97. The van der Waals surface area contributed by atoms with Crippen LogP contribution in [0.3, 0.4) is 0 Å². The summed E-state index contributed by atoms with van der Waals surface area (Å²) in [5, 5.41) is 6.13. The van der Waals surface area contributed by atoms with E-state index in [2.05, 4.69) is 20.5 Å². The lowest BCUT2D eigenvalue weighted by Crippen LogP contribution is -2.42. The van der Waals surface area contributed by atoms with E-state index < -0.39 is 0 Å². The lowest BCUT2D eigenvalue weighted by molar-refractivity contribution is -0.114. The van der Waals surface area contributed by atoms with Gasteiger partial charge >= 0.3 is 0 Å². The molecule has 1 aromatic rings. The molecule has 0 aliphatic carbocycles. The highest BCUT2D eigenvalue weighted by atomic mass is 127. The lowest BCUT2D eigenvalue weighted by Gasteiger charge is -2.25. The molecule has 0 bridgehead atoms. The highest BCUT2D eigenvalue weighted by molar-refractivity contribution is 14.0. The van der Waals surface area contributed by atoms with Crippen LogP contribution in [0.1, 0.15) is 19.8 Å². The van der Waals surface area contributed by atoms with Gasteiger partial charge in [0.1, 0.15) is 12.4 Å². The number of nitrogens with zero attached hydrogens (tertiary/aromatic N) is 2.